The second kappa shape index (κ2) is 3.67. The standard InChI is InChI=1S/C8H14N/c1-2-5-8-6-3-4-7-9-8/h2,8H,1,3-7H2. The molecule has 1 heteroatoms. The van der Waals surface area contributed by atoms with Crippen molar-refractivity contribution >= 4 is 0 Å². The topological polar surface area (TPSA) is 14.1 Å². The van der Waals surface area contributed by atoms with Gasteiger partial charge in [0.05, 0.1) is 0 Å². The summed E-state index contributed by atoms with van der Waals surface area (Å²) in [5.74, 6) is 0. The summed E-state index contributed by atoms with van der Waals surface area (Å²) in [6.45, 7) is 4.78. The molecule has 0 saturated carbocycles. The second-order valence-electron chi connectivity index (χ2n) is 2.58. The van der Waals surface area contributed by atoms with E-state index in [1.807, 2.05) is 6.08 Å². The highest BCUT2D eigenvalue weighted by molar-refractivity contribution is 4.79. The third-order valence-electron chi connectivity index (χ3n) is 1.77. The van der Waals surface area contributed by atoms with Crippen LogP contribution < -0.4 is 5.32 Å². The van der Waals surface area contributed by atoms with Crippen molar-refractivity contribution in [2.45, 2.75) is 31.7 Å². The lowest BCUT2D eigenvalue weighted by molar-refractivity contribution is 0.395. The first-order chi connectivity index (χ1) is 4.43. The third-order valence-corrected chi connectivity index (χ3v) is 1.77. The van der Waals surface area contributed by atoms with Crippen LogP contribution in [-0.2, 0) is 0 Å². The van der Waals surface area contributed by atoms with Gasteiger partial charge < -0.3 is 0 Å². The van der Waals surface area contributed by atoms with E-state index in [2.05, 4.69) is 11.9 Å². The van der Waals surface area contributed by atoms with Crippen molar-refractivity contribution in [1.82, 2.24) is 5.32 Å². The largest absolute Gasteiger partial charge is 0.238 e. The normalized spacial score (nSPS) is 27.8. The van der Waals surface area contributed by atoms with Gasteiger partial charge in [0.2, 0.25) is 0 Å². The van der Waals surface area contributed by atoms with E-state index >= 15 is 0 Å². The monoisotopic (exact) mass is 124 g/mol. The summed E-state index contributed by atoms with van der Waals surface area (Å²) in [6.07, 6.45) is 7.00. The van der Waals surface area contributed by atoms with Crippen molar-refractivity contribution in [1.29, 1.82) is 0 Å². The molecule has 51 valence electrons. The maximum atomic E-state index is 4.45. The van der Waals surface area contributed by atoms with Crippen molar-refractivity contribution in [2.75, 3.05) is 6.54 Å². The molecule has 1 aliphatic heterocycles. The number of hydrogen-bond acceptors (Lipinski definition) is 0. The molecule has 0 spiro atoms. The van der Waals surface area contributed by atoms with Crippen LogP contribution in [0.2, 0.25) is 0 Å². The summed E-state index contributed by atoms with van der Waals surface area (Å²) in [5.41, 5.74) is 0. The quantitative estimate of drug-likeness (QED) is 0.498. The maximum Gasteiger partial charge on any atom is 0.0280 e. The van der Waals surface area contributed by atoms with Gasteiger partial charge in [0.1, 0.15) is 0 Å². The Morgan fingerprint density at radius 1 is 1.56 bits per heavy atom. The van der Waals surface area contributed by atoms with E-state index in [0.29, 0.717) is 6.04 Å². The molecule has 0 amide bonds. The van der Waals surface area contributed by atoms with Crippen molar-refractivity contribution in [2.24, 2.45) is 0 Å². The molecule has 1 saturated heterocycles. The van der Waals surface area contributed by atoms with Gasteiger partial charge in [-0.15, -0.1) is 6.58 Å². The molecule has 1 rings (SSSR count). The first-order valence-corrected chi connectivity index (χ1v) is 3.71. The zero-order valence-electron chi connectivity index (χ0n) is 5.84. The summed E-state index contributed by atoms with van der Waals surface area (Å²) >= 11 is 0. The summed E-state index contributed by atoms with van der Waals surface area (Å²) in [5, 5.41) is 4.45. The first-order valence-electron chi connectivity index (χ1n) is 3.71. The van der Waals surface area contributed by atoms with Gasteiger partial charge in [0, 0.05) is 12.6 Å². The van der Waals surface area contributed by atoms with Crippen molar-refractivity contribution in [3.05, 3.63) is 12.7 Å². The SMILES string of the molecule is C=CCC1CCCC[N]1. The van der Waals surface area contributed by atoms with Gasteiger partial charge in [-0.1, -0.05) is 12.5 Å². The molecule has 1 radical (unpaired) electrons. The summed E-state index contributed by atoms with van der Waals surface area (Å²) in [6, 6.07) is 0.608. The fourth-order valence-corrected chi connectivity index (χ4v) is 1.24. The molecule has 1 unspecified atom stereocenters. The predicted octanol–water partition coefficient (Wildman–Crippen LogP) is 1.72. The van der Waals surface area contributed by atoms with E-state index in [9.17, 15) is 0 Å². The third kappa shape index (κ3) is 2.19. The van der Waals surface area contributed by atoms with Gasteiger partial charge >= 0.3 is 0 Å². The molecule has 0 aromatic heterocycles. The second-order valence-corrected chi connectivity index (χ2v) is 2.58. The van der Waals surface area contributed by atoms with Crippen LogP contribution in [-0.4, -0.2) is 12.6 Å². The van der Waals surface area contributed by atoms with E-state index in [0.717, 1.165) is 13.0 Å². The molecule has 1 aliphatic rings. The highest BCUT2D eigenvalue weighted by atomic mass is 14.9. The number of hydrogen-bond donors (Lipinski definition) is 0. The molecule has 1 atom stereocenters. The lowest BCUT2D eigenvalue weighted by Crippen LogP contribution is -2.26. The molecule has 9 heavy (non-hydrogen) atoms. The maximum absolute atomic E-state index is 4.45. The smallest absolute Gasteiger partial charge is 0.0280 e. The Bertz CT molecular complexity index is 82.6. The van der Waals surface area contributed by atoms with Crippen LogP contribution in [0.4, 0.5) is 0 Å². The Kier molecular flexibility index (Phi) is 2.78. The minimum atomic E-state index is 0.608. The number of rotatable bonds is 2. The lowest BCUT2D eigenvalue weighted by Gasteiger charge is -2.19. The fraction of sp³-hybridized carbons (Fsp3) is 0.750. The molecule has 0 aromatic rings. The van der Waals surface area contributed by atoms with Crippen molar-refractivity contribution in [3.63, 3.8) is 0 Å². The molecule has 1 nitrogen and oxygen atoms in total. The molecule has 0 N–H and O–H groups in total. The van der Waals surface area contributed by atoms with Crippen LogP contribution in [0.3, 0.4) is 0 Å². The van der Waals surface area contributed by atoms with Gasteiger partial charge in [0.25, 0.3) is 0 Å². The Morgan fingerprint density at radius 2 is 2.44 bits per heavy atom. The first kappa shape index (κ1) is 6.81. The minimum Gasteiger partial charge on any atom is -0.238 e. The molecule has 1 heterocycles. The molecule has 0 bridgehead atoms. The zero-order valence-corrected chi connectivity index (χ0v) is 5.84. The van der Waals surface area contributed by atoms with Crippen LogP contribution in [0, 0.1) is 0 Å². The number of piperidine rings is 1. The van der Waals surface area contributed by atoms with Crippen molar-refractivity contribution < 1.29 is 0 Å². The minimum absolute atomic E-state index is 0.608. The average Bonchev–Trinajstić information content (AvgIpc) is 1.91. The van der Waals surface area contributed by atoms with Gasteiger partial charge in [-0.3, -0.25) is 0 Å². The molecule has 1 fully saturated rings. The zero-order chi connectivity index (χ0) is 6.53. The summed E-state index contributed by atoms with van der Waals surface area (Å²) in [4.78, 5) is 0. The van der Waals surface area contributed by atoms with Gasteiger partial charge in [-0.25, -0.2) is 5.32 Å². The van der Waals surface area contributed by atoms with Gasteiger partial charge in [-0.2, -0.15) is 0 Å². The van der Waals surface area contributed by atoms with Crippen LogP contribution in [0.15, 0.2) is 12.7 Å². The highest BCUT2D eigenvalue weighted by Crippen LogP contribution is 2.11. The summed E-state index contributed by atoms with van der Waals surface area (Å²) < 4.78 is 0. The van der Waals surface area contributed by atoms with Crippen LogP contribution in [0.25, 0.3) is 0 Å². The Labute approximate surface area is 57.1 Å². The van der Waals surface area contributed by atoms with E-state index < -0.39 is 0 Å². The molecular formula is C8H14N. The lowest BCUT2D eigenvalue weighted by atomic mass is 10.0. The highest BCUT2D eigenvalue weighted by Gasteiger charge is 2.10. The van der Waals surface area contributed by atoms with Crippen LogP contribution >= 0.6 is 0 Å². The van der Waals surface area contributed by atoms with E-state index in [4.69, 9.17) is 0 Å². The molecule has 0 aliphatic carbocycles. The van der Waals surface area contributed by atoms with E-state index in [-0.39, 0.29) is 0 Å². The molecular weight excluding hydrogens is 110 g/mol. The summed E-state index contributed by atoms with van der Waals surface area (Å²) in [7, 11) is 0. The fourth-order valence-electron chi connectivity index (χ4n) is 1.24. The van der Waals surface area contributed by atoms with Gasteiger partial charge in [-0.05, 0) is 19.3 Å². The van der Waals surface area contributed by atoms with Crippen LogP contribution in [0.1, 0.15) is 25.7 Å². The van der Waals surface area contributed by atoms with E-state index in [1.165, 1.54) is 19.3 Å². The Balaban J connectivity index is 2.15. The van der Waals surface area contributed by atoms with Gasteiger partial charge in [0.15, 0.2) is 0 Å². The Hall–Kier alpha value is -0.300. The number of nitrogens with zero attached hydrogens (tertiary/aromatic N) is 1. The Morgan fingerprint density at radius 3 is 3.00 bits per heavy atom. The molecule has 0 aromatic carbocycles. The van der Waals surface area contributed by atoms with E-state index in [1.54, 1.807) is 0 Å². The predicted molar refractivity (Wildman–Crippen MR) is 39.5 cm³/mol. The average molecular weight is 124 g/mol. The van der Waals surface area contributed by atoms with Crippen LogP contribution in [0.5, 0.6) is 0 Å². The van der Waals surface area contributed by atoms with Crippen molar-refractivity contribution in [3.8, 4) is 0 Å².